The van der Waals surface area contributed by atoms with Crippen LogP contribution in [0.2, 0.25) is 0 Å². The van der Waals surface area contributed by atoms with E-state index in [4.69, 9.17) is 0 Å². The smallest absolute Gasteiger partial charge is 0.245 e. The van der Waals surface area contributed by atoms with E-state index in [0.717, 1.165) is 64.6 Å². The molecule has 2 heterocycles. The predicted octanol–water partition coefficient (Wildman–Crippen LogP) is 3.41. The van der Waals surface area contributed by atoms with Crippen LogP contribution in [0.3, 0.4) is 0 Å². The van der Waals surface area contributed by atoms with Gasteiger partial charge >= 0.3 is 0 Å². The van der Waals surface area contributed by atoms with Crippen LogP contribution in [0.4, 0.5) is 0 Å². The third-order valence-corrected chi connectivity index (χ3v) is 6.00. The fourth-order valence-corrected chi connectivity index (χ4v) is 4.59. The highest BCUT2D eigenvalue weighted by atomic mass is 16.2. The topological polar surface area (TPSA) is 40.6 Å². The quantitative estimate of drug-likeness (QED) is 0.815. The van der Waals surface area contributed by atoms with E-state index in [0.29, 0.717) is 6.42 Å². The van der Waals surface area contributed by atoms with Crippen molar-refractivity contribution in [3.63, 3.8) is 0 Å². The molecule has 0 bridgehead atoms. The number of hydrogen-bond acceptors (Lipinski definition) is 2. The van der Waals surface area contributed by atoms with Gasteiger partial charge in [-0.2, -0.15) is 0 Å². The minimum absolute atomic E-state index is 0.163. The molecule has 0 N–H and O–H groups in total. The third-order valence-electron chi connectivity index (χ3n) is 6.00. The highest BCUT2D eigenvalue weighted by Gasteiger charge is 2.36. The van der Waals surface area contributed by atoms with Crippen molar-refractivity contribution in [1.82, 2.24) is 9.80 Å². The molecule has 1 aliphatic carbocycles. The van der Waals surface area contributed by atoms with Crippen molar-refractivity contribution in [3.8, 4) is 0 Å². The van der Waals surface area contributed by atoms with Gasteiger partial charge in [0.2, 0.25) is 11.8 Å². The average Bonchev–Trinajstić information content (AvgIpc) is 3.40. The summed E-state index contributed by atoms with van der Waals surface area (Å²) in [4.78, 5) is 29.2. The zero-order valence-corrected chi connectivity index (χ0v) is 15.5. The van der Waals surface area contributed by atoms with Gasteiger partial charge < -0.3 is 9.80 Å². The monoisotopic (exact) mass is 352 g/mol. The molecule has 0 aromatic heterocycles. The second-order valence-corrected chi connectivity index (χ2v) is 7.81. The number of hydrogen-bond donors (Lipinski definition) is 0. The molecule has 4 nitrogen and oxygen atoms in total. The van der Waals surface area contributed by atoms with Crippen LogP contribution in [0.15, 0.2) is 29.8 Å². The lowest BCUT2D eigenvalue weighted by atomic mass is 10.1. The largest absolute Gasteiger partial charge is 0.341 e. The number of likely N-dealkylation sites (tertiary alicyclic amines) is 2. The van der Waals surface area contributed by atoms with Crippen LogP contribution in [0.1, 0.15) is 56.1 Å². The predicted molar refractivity (Wildman–Crippen MR) is 103 cm³/mol. The Labute approximate surface area is 155 Å². The first-order chi connectivity index (χ1) is 12.7. The molecular formula is C22H28N2O2. The van der Waals surface area contributed by atoms with Gasteiger partial charge in [0, 0.05) is 26.1 Å². The summed E-state index contributed by atoms with van der Waals surface area (Å²) in [6.07, 6.45) is 9.68. The molecule has 2 aliphatic heterocycles. The number of rotatable bonds is 5. The minimum atomic E-state index is -0.199. The van der Waals surface area contributed by atoms with E-state index in [1.54, 1.807) is 0 Å². The maximum absolute atomic E-state index is 12.7. The van der Waals surface area contributed by atoms with E-state index in [1.807, 2.05) is 9.80 Å². The normalized spacial score (nSPS) is 21.8. The first-order valence-electron chi connectivity index (χ1n) is 10.1. The fourth-order valence-electron chi connectivity index (χ4n) is 4.59. The van der Waals surface area contributed by atoms with Crippen molar-refractivity contribution in [2.45, 2.75) is 57.4 Å². The summed E-state index contributed by atoms with van der Waals surface area (Å²) >= 11 is 0. The van der Waals surface area contributed by atoms with Crippen molar-refractivity contribution in [1.29, 1.82) is 0 Å². The Bertz CT molecular complexity index is 719. The van der Waals surface area contributed by atoms with Crippen molar-refractivity contribution in [3.05, 3.63) is 41.0 Å². The molecule has 0 radical (unpaired) electrons. The van der Waals surface area contributed by atoms with Crippen molar-refractivity contribution in [2.75, 3.05) is 19.6 Å². The van der Waals surface area contributed by atoms with Gasteiger partial charge in [-0.05, 0) is 56.1 Å². The van der Waals surface area contributed by atoms with Gasteiger partial charge in [0.1, 0.15) is 6.04 Å². The molecule has 138 valence electrons. The summed E-state index contributed by atoms with van der Waals surface area (Å²) in [6.45, 7) is 2.48. The molecular weight excluding hydrogens is 324 g/mol. The Morgan fingerprint density at radius 3 is 2.65 bits per heavy atom. The zero-order valence-electron chi connectivity index (χ0n) is 15.5. The number of fused-ring (bicyclic) bond motifs is 1. The lowest BCUT2D eigenvalue weighted by Gasteiger charge is -2.27. The maximum atomic E-state index is 12.7. The van der Waals surface area contributed by atoms with Gasteiger partial charge in [0.15, 0.2) is 0 Å². The Morgan fingerprint density at radius 1 is 1.04 bits per heavy atom. The summed E-state index contributed by atoms with van der Waals surface area (Å²) in [6, 6.07) is 8.31. The van der Waals surface area contributed by atoms with Gasteiger partial charge in [0.25, 0.3) is 0 Å². The Kier molecular flexibility index (Phi) is 5.09. The molecule has 1 atom stereocenters. The van der Waals surface area contributed by atoms with Crippen LogP contribution in [0.5, 0.6) is 0 Å². The van der Waals surface area contributed by atoms with E-state index >= 15 is 0 Å². The number of carbonyl (C=O) groups is 2. The molecule has 1 aromatic rings. The van der Waals surface area contributed by atoms with Gasteiger partial charge in [-0.3, -0.25) is 9.59 Å². The second-order valence-electron chi connectivity index (χ2n) is 7.81. The zero-order chi connectivity index (χ0) is 17.9. The van der Waals surface area contributed by atoms with E-state index in [2.05, 4.69) is 30.3 Å². The molecule has 4 heteroatoms. The molecule has 1 aromatic carbocycles. The van der Waals surface area contributed by atoms with Crippen molar-refractivity contribution >= 4 is 17.9 Å². The van der Waals surface area contributed by atoms with Gasteiger partial charge in [-0.1, -0.05) is 35.9 Å². The van der Waals surface area contributed by atoms with E-state index in [1.165, 1.54) is 16.7 Å². The molecule has 3 aliphatic rings. The fraction of sp³-hybridized carbons (Fsp3) is 0.545. The third kappa shape index (κ3) is 3.55. The molecule has 2 amide bonds. The lowest BCUT2D eigenvalue weighted by Crippen LogP contribution is -2.46. The highest BCUT2D eigenvalue weighted by Crippen LogP contribution is 2.28. The summed E-state index contributed by atoms with van der Waals surface area (Å²) in [5.41, 5.74) is 4.14. The summed E-state index contributed by atoms with van der Waals surface area (Å²) < 4.78 is 0. The van der Waals surface area contributed by atoms with Crippen molar-refractivity contribution in [2.24, 2.45) is 0 Å². The number of amides is 2. The highest BCUT2D eigenvalue weighted by molar-refractivity contribution is 5.88. The average molecular weight is 352 g/mol. The number of nitrogens with zero attached hydrogens (tertiary/aromatic N) is 2. The van der Waals surface area contributed by atoms with Crippen molar-refractivity contribution < 1.29 is 9.59 Å². The summed E-state index contributed by atoms with van der Waals surface area (Å²) in [5, 5.41) is 0. The molecule has 2 fully saturated rings. The standard InChI is InChI=1S/C22H28N2O2/c25-21(11-5-7-17-15-18-8-1-2-9-19(18)16-17)24-14-6-10-20(24)22(26)23-12-3-4-13-23/h1-2,8-9,15,20H,3-7,10-14,16H2/t20-/m1/s1. The molecule has 2 saturated heterocycles. The Balaban J connectivity index is 1.27. The lowest BCUT2D eigenvalue weighted by molar-refractivity contribution is -0.143. The van der Waals surface area contributed by atoms with Crippen LogP contribution in [0.25, 0.3) is 6.08 Å². The molecule has 0 spiro atoms. The SMILES string of the molecule is O=C([C@H]1CCCN1C(=O)CCCC1=Cc2ccccc2C1)N1CCCC1. The first-order valence-corrected chi connectivity index (χ1v) is 10.1. The molecule has 4 rings (SSSR count). The Hall–Kier alpha value is -2.10. The summed E-state index contributed by atoms with van der Waals surface area (Å²) in [5.74, 6) is 0.346. The van der Waals surface area contributed by atoms with Crippen LogP contribution < -0.4 is 0 Å². The van der Waals surface area contributed by atoms with E-state index in [9.17, 15) is 9.59 Å². The minimum Gasteiger partial charge on any atom is -0.341 e. The first kappa shape index (κ1) is 17.3. The number of carbonyl (C=O) groups excluding carboxylic acids is 2. The second kappa shape index (κ2) is 7.65. The van der Waals surface area contributed by atoms with Gasteiger partial charge in [-0.15, -0.1) is 0 Å². The molecule has 0 saturated carbocycles. The Morgan fingerprint density at radius 2 is 1.85 bits per heavy atom. The van der Waals surface area contributed by atoms with E-state index in [-0.39, 0.29) is 17.9 Å². The van der Waals surface area contributed by atoms with Gasteiger partial charge in [-0.25, -0.2) is 0 Å². The van der Waals surface area contributed by atoms with Gasteiger partial charge in [0.05, 0.1) is 0 Å². The van der Waals surface area contributed by atoms with Crippen LogP contribution in [0, 0.1) is 0 Å². The number of allylic oxidation sites excluding steroid dienone is 1. The van der Waals surface area contributed by atoms with Crippen LogP contribution in [-0.2, 0) is 16.0 Å². The molecule has 26 heavy (non-hydrogen) atoms. The van der Waals surface area contributed by atoms with Crippen LogP contribution in [-0.4, -0.2) is 47.3 Å². The van der Waals surface area contributed by atoms with Crippen LogP contribution >= 0.6 is 0 Å². The number of benzene rings is 1. The summed E-state index contributed by atoms with van der Waals surface area (Å²) in [7, 11) is 0. The van der Waals surface area contributed by atoms with E-state index < -0.39 is 0 Å². The maximum Gasteiger partial charge on any atom is 0.245 e. The molecule has 0 unspecified atom stereocenters.